The van der Waals surface area contributed by atoms with Crippen LogP contribution in [-0.4, -0.2) is 28.8 Å². The molecule has 4 nitrogen and oxygen atoms in total. The van der Waals surface area contributed by atoms with E-state index in [1.807, 2.05) is 68.4 Å². The number of aryl methyl sites for hydroxylation is 2. The number of benzene rings is 3. The van der Waals surface area contributed by atoms with Gasteiger partial charge in [-0.05, 0) is 55.5 Å². The molecule has 0 heterocycles. The van der Waals surface area contributed by atoms with Gasteiger partial charge in [0.05, 0.1) is 6.42 Å². The first kappa shape index (κ1) is 26.2. The van der Waals surface area contributed by atoms with Crippen LogP contribution < -0.4 is 5.32 Å². The van der Waals surface area contributed by atoms with Gasteiger partial charge in [-0.25, -0.2) is 0 Å². The predicted octanol–water partition coefficient (Wildman–Crippen LogP) is 6.31. The van der Waals surface area contributed by atoms with Crippen molar-refractivity contribution in [2.45, 2.75) is 71.0 Å². The van der Waals surface area contributed by atoms with Gasteiger partial charge in [0.15, 0.2) is 0 Å². The maximum Gasteiger partial charge on any atom is 0.243 e. The molecule has 3 aromatic carbocycles. The van der Waals surface area contributed by atoms with E-state index in [0.717, 1.165) is 58.0 Å². The largest absolute Gasteiger partial charge is 0.352 e. The normalized spacial score (nSPS) is 14.4. The highest BCUT2D eigenvalue weighted by Crippen LogP contribution is 2.22. The molecular weight excluding hydrogens is 512 g/mol. The summed E-state index contributed by atoms with van der Waals surface area (Å²) >= 11 is 3.55. The quantitative estimate of drug-likeness (QED) is 0.342. The summed E-state index contributed by atoms with van der Waals surface area (Å²) in [6.07, 6.45) is 5.03. The third-order valence-corrected chi connectivity index (χ3v) is 7.34. The number of carbonyl (C=O) groups excluding carboxylic acids is 2. The number of hydrogen-bond acceptors (Lipinski definition) is 2. The molecule has 4 rings (SSSR count). The van der Waals surface area contributed by atoms with Crippen molar-refractivity contribution >= 4 is 27.7 Å². The first-order valence-electron chi connectivity index (χ1n) is 12.8. The summed E-state index contributed by atoms with van der Waals surface area (Å²) in [4.78, 5) is 29.5. The summed E-state index contributed by atoms with van der Waals surface area (Å²) in [5.41, 5.74) is 5.28. The molecule has 0 aromatic heterocycles. The second-order valence-electron chi connectivity index (χ2n) is 10.0. The van der Waals surface area contributed by atoms with E-state index in [1.54, 1.807) is 4.90 Å². The third-order valence-electron chi connectivity index (χ3n) is 6.85. The van der Waals surface area contributed by atoms with Gasteiger partial charge < -0.3 is 10.2 Å². The van der Waals surface area contributed by atoms with E-state index < -0.39 is 6.04 Å². The molecule has 0 saturated heterocycles. The molecule has 0 aliphatic heterocycles. The van der Waals surface area contributed by atoms with Crippen molar-refractivity contribution in [3.8, 4) is 0 Å². The van der Waals surface area contributed by atoms with Crippen LogP contribution in [-0.2, 0) is 29.0 Å². The van der Waals surface area contributed by atoms with Gasteiger partial charge in [-0.1, -0.05) is 101 Å². The van der Waals surface area contributed by atoms with Crippen LogP contribution in [0.1, 0.15) is 53.5 Å². The van der Waals surface area contributed by atoms with Crippen LogP contribution in [0.25, 0.3) is 0 Å². The number of hydrogen-bond donors (Lipinski definition) is 1. The number of carbonyl (C=O) groups is 2. The van der Waals surface area contributed by atoms with Crippen molar-refractivity contribution in [3.63, 3.8) is 0 Å². The summed E-state index contributed by atoms with van der Waals surface area (Å²) in [5.74, 6) is -0.1000. The first-order chi connectivity index (χ1) is 17.4. The summed E-state index contributed by atoms with van der Waals surface area (Å²) in [6.45, 7) is 4.47. The molecule has 5 heteroatoms. The maximum absolute atomic E-state index is 13.9. The fourth-order valence-electron chi connectivity index (χ4n) is 5.20. The van der Waals surface area contributed by atoms with E-state index in [0.29, 0.717) is 13.0 Å². The van der Waals surface area contributed by atoms with Crippen LogP contribution in [0.3, 0.4) is 0 Å². The van der Waals surface area contributed by atoms with Crippen molar-refractivity contribution in [1.82, 2.24) is 10.2 Å². The monoisotopic (exact) mass is 546 g/mol. The Morgan fingerprint density at radius 1 is 0.889 bits per heavy atom. The second kappa shape index (κ2) is 12.4. The molecule has 1 N–H and O–H groups in total. The Labute approximate surface area is 223 Å². The van der Waals surface area contributed by atoms with Gasteiger partial charge >= 0.3 is 0 Å². The van der Waals surface area contributed by atoms with E-state index in [2.05, 4.69) is 39.4 Å². The highest BCUT2D eigenvalue weighted by Gasteiger charge is 2.32. The first-order valence-corrected chi connectivity index (χ1v) is 13.6. The van der Waals surface area contributed by atoms with E-state index in [-0.39, 0.29) is 24.3 Å². The summed E-state index contributed by atoms with van der Waals surface area (Å²) < 4.78 is 0.955. The van der Waals surface area contributed by atoms with Crippen LogP contribution >= 0.6 is 15.9 Å². The van der Waals surface area contributed by atoms with E-state index in [4.69, 9.17) is 0 Å². The molecule has 0 bridgehead atoms. The SMILES string of the molecule is Cc1cc(C)cc(CC(=O)N(Cc2cccc(Br)c2)[C@@H](Cc2ccccc2)C(=O)NC2CCCC2)c1. The fraction of sp³-hybridized carbons (Fsp3) is 0.355. The lowest BCUT2D eigenvalue weighted by Gasteiger charge is -2.32. The average Bonchev–Trinajstić information content (AvgIpc) is 3.34. The molecule has 2 amide bonds. The maximum atomic E-state index is 13.9. The van der Waals surface area contributed by atoms with Crippen molar-refractivity contribution in [2.24, 2.45) is 0 Å². The Hall–Kier alpha value is -2.92. The Morgan fingerprint density at radius 3 is 2.22 bits per heavy atom. The molecule has 0 radical (unpaired) electrons. The van der Waals surface area contributed by atoms with E-state index >= 15 is 0 Å². The van der Waals surface area contributed by atoms with E-state index in [9.17, 15) is 9.59 Å². The van der Waals surface area contributed by atoms with Gasteiger partial charge in [0.25, 0.3) is 0 Å². The highest BCUT2D eigenvalue weighted by molar-refractivity contribution is 9.10. The molecule has 0 spiro atoms. The van der Waals surface area contributed by atoms with Gasteiger partial charge in [-0.15, -0.1) is 0 Å². The molecule has 1 aliphatic carbocycles. The molecule has 1 atom stereocenters. The Balaban J connectivity index is 1.67. The molecule has 3 aromatic rings. The molecule has 36 heavy (non-hydrogen) atoms. The lowest BCUT2D eigenvalue weighted by atomic mass is 10.00. The number of nitrogens with zero attached hydrogens (tertiary/aromatic N) is 1. The zero-order valence-corrected chi connectivity index (χ0v) is 22.8. The molecular formula is C31H35BrN2O2. The third kappa shape index (κ3) is 7.30. The second-order valence-corrected chi connectivity index (χ2v) is 10.9. The van der Waals surface area contributed by atoms with Crippen LogP contribution in [0.5, 0.6) is 0 Å². The summed E-state index contributed by atoms with van der Waals surface area (Å²) in [7, 11) is 0. The predicted molar refractivity (Wildman–Crippen MR) is 149 cm³/mol. The fourth-order valence-corrected chi connectivity index (χ4v) is 5.65. The standard InChI is InChI=1S/C31H35BrN2O2/c1-22-15-23(2)17-26(16-22)20-30(35)34(21-25-11-8-12-27(32)18-25)29(19-24-9-4-3-5-10-24)31(36)33-28-13-6-7-14-28/h3-5,8-12,15-18,28-29H,6-7,13-14,19-21H2,1-2H3,(H,33,36)/t29-/m0/s1. The zero-order chi connectivity index (χ0) is 25.5. The number of nitrogens with one attached hydrogen (secondary N) is 1. The lowest BCUT2D eigenvalue weighted by Crippen LogP contribution is -2.52. The Morgan fingerprint density at radius 2 is 1.56 bits per heavy atom. The Bertz CT molecular complexity index is 1170. The zero-order valence-electron chi connectivity index (χ0n) is 21.2. The average molecular weight is 548 g/mol. The van der Waals surface area contributed by atoms with Gasteiger partial charge in [0.1, 0.15) is 6.04 Å². The topological polar surface area (TPSA) is 49.4 Å². The Kier molecular flexibility index (Phi) is 8.98. The van der Waals surface area contributed by atoms with Crippen LogP contribution in [0, 0.1) is 13.8 Å². The van der Waals surface area contributed by atoms with Crippen molar-refractivity contribution in [2.75, 3.05) is 0 Å². The minimum Gasteiger partial charge on any atom is -0.352 e. The molecule has 188 valence electrons. The lowest BCUT2D eigenvalue weighted by molar-refractivity contribution is -0.141. The van der Waals surface area contributed by atoms with Crippen molar-refractivity contribution in [3.05, 3.63) is 105 Å². The molecule has 1 fully saturated rings. The number of halogens is 1. The molecule has 0 unspecified atom stereocenters. The minimum atomic E-state index is -0.592. The highest BCUT2D eigenvalue weighted by atomic mass is 79.9. The number of amides is 2. The summed E-state index contributed by atoms with van der Waals surface area (Å²) in [6, 6.07) is 23.8. The van der Waals surface area contributed by atoms with Gasteiger partial charge in [0, 0.05) is 23.5 Å². The van der Waals surface area contributed by atoms with Crippen molar-refractivity contribution < 1.29 is 9.59 Å². The molecule has 1 aliphatic rings. The van der Waals surface area contributed by atoms with E-state index in [1.165, 1.54) is 0 Å². The van der Waals surface area contributed by atoms with Gasteiger partial charge in [0.2, 0.25) is 11.8 Å². The summed E-state index contributed by atoms with van der Waals surface area (Å²) in [5, 5.41) is 3.27. The van der Waals surface area contributed by atoms with Crippen molar-refractivity contribution in [1.29, 1.82) is 0 Å². The van der Waals surface area contributed by atoms with Gasteiger partial charge in [-0.3, -0.25) is 9.59 Å². The van der Waals surface area contributed by atoms with Gasteiger partial charge in [-0.2, -0.15) is 0 Å². The number of rotatable bonds is 9. The minimum absolute atomic E-state index is 0.0394. The van der Waals surface area contributed by atoms with Crippen LogP contribution in [0.15, 0.2) is 77.3 Å². The molecule has 1 saturated carbocycles. The van der Waals surface area contributed by atoms with Crippen LogP contribution in [0.4, 0.5) is 0 Å². The smallest absolute Gasteiger partial charge is 0.243 e. The van der Waals surface area contributed by atoms with Crippen LogP contribution in [0.2, 0.25) is 0 Å².